The van der Waals surface area contributed by atoms with Crippen LogP contribution < -0.4 is 10.5 Å². The van der Waals surface area contributed by atoms with Crippen LogP contribution in [0, 0.1) is 5.92 Å². The number of carbonyl (C=O) groups is 1. The molecule has 0 bridgehead atoms. The largest absolute Gasteiger partial charge is 0.493 e. The van der Waals surface area contributed by atoms with Gasteiger partial charge in [-0.2, -0.15) is 0 Å². The lowest BCUT2D eigenvalue weighted by Crippen LogP contribution is -2.34. The third-order valence-corrected chi connectivity index (χ3v) is 6.00. The van der Waals surface area contributed by atoms with Crippen molar-refractivity contribution in [1.82, 2.24) is 4.90 Å². The Morgan fingerprint density at radius 3 is 2.67 bits per heavy atom. The van der Waals surface area contributed by atoms with Gasteiger partial charge in [-0.3, -0.25) is 4.79 Å². The second kappa shape index (κ2) is 9.59. The van der Waals surface area contributed by atoms with Crippen molar-refractivity contribution in [2.24, 2.45) is 11.7 Å². The molecule has 150 valence electrons. The van der Waals surface area contributed by atoms with Crippen LogP contribution in [0.1, 0.15) is 75.0 Å². The van der Waals surface area contributed by atoms with E-state index in [4.69, 9.17) is 10.5 Å². The van der Waals surface area contributed by atoms with E-state index in [-0.39, 0.29) is 5.91 Å². The van der Waals surface area contributed by atoms with Gasteiger partial charge in [-0.15, -0.1) is 0 Å². The van der Waals surface area contributed by atoms with E-state index in [1.807, 2.05) is 0 Å². The summed E-state index contributed by atoms with van der Waals surface area (Å²) >= 11 is 0. The van der Waals surface area contributed by atoms with Gasteiger partial charge >= 0.3 is 0 Å². The molecule has 0 unspecified atom stereocenters. The molecule has 1 fully saturated rings. The number of ether oxygens (including phenoxy) is 1. The van der Waals surface area contributed by atoms with Crippen molar-refractivity contribution in [2.45, 2.75) is 71.1 Å². The van der Waals surface area contributed by atoms with E-state index in [1.54, 1.807) is 0 Å². The number of nitrogens with zero attached hydrogens (tertiary/aromatic N) is 1. The van der Waals surface area contributed by atoms with Gasteiger partial charge in [-0.05, 0) is 93.1 Å². The first-order valence-corrected chi connectivity index (χ1v) is 10.8. The molecule has 4 nitrogen and oxygen atoms in total. The lowest BCUT2D eigenvalue weighted by Gasteiger charge is -2.34. The number of nitrogens with two attached hydrogens (primary N) is 1. The Morgan fingerprint density at radius 2 is 1.96 bits per heavy atom. The summed E-state index contributed by atoms with van der Waals surface area (Å²) in [5.41, 5.74) is 9.69. The summed E-state index contributed by atoms with van der Waals surface area (Å²) < 4.78 is 6.40. The predicted octanol–water partition coefficient (Wildman–Crippen LogP) is 4.05. The molecule has 1 amide bonds. The van der Waals surface area contributed by atoms with Crippen LogP contribution in [0.4, 0.5) is 0 Å². The molecule has 1 saturated heterocycles. The average molecular weight is 373 g/mol. The Morgan fingerprint density at radius 1 is 1.22 bits per heavy atom. The summed E-state index contributed by atoms with van der Waals surface area (Å²) in [5, 5.41) is 0. The first kappa shape index (κ1) is 20.2. The molecular weight excluding hydrogens is 336 g/mol. The maximum Gasteiger partial charge on any atom is 0.217 e. The second-order valence-electron chi connectivity index (χ2n) is 8.72. The van der Waals surface area contributed by atoms with E-state index in [9.17, 15) is 4.79 Å². The molecule has 1 aromatic carbocycles. The highest BCUT2D eigenvalue weighted by molar-refractivity contribution is 5.73. The number of likely N-dealkylation sites (tertiary alicyclic amines) is 1. The minimum atomic E-state index is -0.189. The van der Waals surface area contributed by atoms with Crippen LogP contribution in [-0.2, 0) is 17.6 Å². The van der Waals surface area contributed by atoms with Crippen molar-refractivity contribution in [3.05, 3.63) is 28.8 Å². The maximum absolute atomic E-state index is 10.9. The van der Waals surface area contributed by atoms with E-state index < -0.39 is 0 Å². The lowest BCUT2D eigenvalue weighted by molar-refractivity contribution is -0.118. The zero-order chi connectivity index (χ0) is 19.2. The Bertz CT molecular complexity index is 634. The van der Waals surface area contributed by atoms with Gasteiger partial charge in [0.2, 0.25) is 5.91 Å². The molecule has 0 aromatic heterocycles. The highest BCUT2D eigenvalue weighted by atomic mass is 16.5. The zero-order valence-corrected chi connectivity index (χ0v) is 17.1. The fourth-order valence-electron chi connectivity index (χ4n) is 4.50. The molecule has 0 spiro atoms. The second-order valence-corrected chi connectivity index (χ2v) is 8.72. The van der Waals surface area contributed by atoms with E-state index in [0.29, 0.717) is 18.3 Å². The topological polar surface area (TPSA) is 55.6 Å². The molecule has 0 radical (unpaired) electrons. The van der Waals surface area contributed by atoms with Gasteiger partial charge in [0.25, 0.3) is 0 Å². The van der Waals surface area contributed by atoms with Crippen LogP contribution in [0.5, 0.6) is 5.75 Å². The maximum atomic E-state index is 10.9. The number of primary amides is 1. The third-order valence-electron chi connectivity index (χ3n) is 6.00. The van der Waals surface area contributed by atoms with Crippen LogP contribution in [0.15, 0.2) is 12.1 Å². The molecule has 27 heavy (non-hydrogen) atoms. The molecule has 2 aliphatic rings. The SMILES string of the molecule is CC(C)COc1c(C2CCN(CCCC(N)=O)CC2)ccc2c1CCCC2. The van der Waals surface area contributed by atoms with Crippen LogP contribution in [0.3, 0.4) is 0 Å². The van der Waals surface area contributed by atoms with Crippen molar-refractivity contribution in [3.63, 3.8) is 0 Å². The summed E-state index contributed by atoms with van der Waals surface area (Å²) in [4.78, 5) is 13.4. The number of amides is 1. The van der Waals surface area contributed by atoms with Gasteiger partial charge in [0, 0.05) is 6.42 Å². The van der Waals surface area contributed by atoms with Crippen molar-refractivity contribution in [1.29, 1.82) is 0 Å². The van der Waals surface area contributed by atoms with E-state index >= 15 is 0 Å². The molecule has 0 saturated carbocycles. The Labute approximate surface area is 164 Å². The van der Waals surface area contributed by atoms with E-state index in [2.05, 4.69) is 30.9 Å². The molecule has 1 aromatic rings. The first-order valence-electron chi connectivity index (χ1n) is 10.8. The van der Waals surface area contributed by atoms with Gasteiger partial charge in [0.1, 0.15) is 5.75 Å². The van der Waals surface area contributed by atoms with Crippen LogP contribution in [0.25, 0.3) is 0 Å². The summed E-state index contributed by atoms with van der Waals surface area (Å²) in [6.07, 6.45) is 8.68. The number of rotatable bonds is 8. The van der Waals surface area contributed by atoms with Crippen molar-refractivity contribution >= 4 is 5.91 Å². The standard InChI is InChI=1S/C23H36N2O2/c1-17(2)16-27-23-20-7-4-3-6-18(20)9-10-21(23)19-11-14-25(15-12-19)13-5-8-22(24)26/h9-10,17,19H,3-8,11-16H2,1-2H3,(H2,24,26). The number of aryl methyl sites for hydroxylation is 1. The zero-order valence-electron chi connectivity index (χ0n) is 17.1. The summed E-state index contributed by atoms with van der Waals surface area (Å²) in [5.74, 6) is 2.16. The molecule has 4 heteroatoms. The minimum absolute atomic E-state index is 0.189. The minimum Gasteiger partial charge on any atom is -0.493 e. The molecule has 1 heterocycles. The number of hydrogen-bond donors (Lipinski definition) is 1. The number of fused-ring (bicyclic) bond motifs is 1. The quantitative estimate of drug-likeness (QED) is 0.749. The molecule has 3 rings (SSSR count). The summed E-state index contributed by atoms with van der Waals surface area (Å²) in [6.45, 7) is 8.43. The van der Waals surface area contributed by atoms with Gasteiger partial charge < -0.3 is 15.4 Å². The number of benzene rings is 1. The molecule has 1 aliphatic heterocycles. The molecular formula is C23H36N2O2. The van der Waals surface area contributed by atoms with Gasteiger partial charge in [-0.25, -0.2) is 0 Å². The molecule has 2 N–H and O–H groups in total. The number of piperidine rings is 1. The van der Waals surface area contributed by atoms with Gasteiger partial charge in [-0.1, -0.05) is 26.0 Å². The molecule has 0 atom stereocenters. The van der Waals surface area contributed by atoms with Gasteiger partial charge in [0.05, 0.1) is 6.61 Å². The van der Waals surface area contributed by atoms with E-state index in [0.717, 1.165) is 32.7 Å². The first-order chi connectivity index (χ1) is 13.0. The fourth-order valence-corrected chi connectivity index (χ4v) is 4.50. The Balaban J connectivity index is 1.68. The lowest BCUT2D eigenvalue weighted by atomic mass is 9.83. The highest BCUT2D eigenvalue weighted by Gasteiger charge is 2.26. The van der Waals surface area contributed by atoms with Crippen molar-refractivity contribution in [2.75, 3.05) is 26.2 Å². The molecule has 1 aliphatic carbocycles. The van der Waals surface area contributed by atoms with Gasteiger partial charge in [0.15, 0.2) is 0 Å². The smallest absolute Gasteiger partial charge is 0.217 e. The summed E-state index contributed by atoms with van der Waals surface area (Å²) in [6, 6.07) is 4.72. The highest BCUT2D eigenvalue weighted by Crippen LogP contribution is 2.40. The Kier molecular flexibility index (Phi) is 7.17. The average Bonchev–Trinajstić information content (AvgIpc) is 2.66. The van der Waals surface area contributed by atoms with Crippen LogP contribution >= 0.6 is 0 Å². The monoisotopic (exact) mass is 372 g/mol. The van der Waals surface area contributed by atoms with Crippen LogP contribution in [-0.4, -0.2) is 37.0 Å². The summed E-state index contributed by atoms with van der Waals surface area (Å²) in [7, 11) is 0. The number of carbonyl (C=O) groups excluding carboxylic acids is 1. The third kappa shape index (κ3) is 5.47. The predicted molar refractivity (Wildman–Crippen MR) is 110 cm³/mol. The fraction of sp³-hybridized carbons (Fsp3) is 0.696. The Hall–Kier alpha value is -1.55. The number of hydrogen-bond acceptors (Lipinski definition) is 3. The van der Waals surface area contributed by atoms with Crippen molar-refractivity contribution < 1.29 is 9.53 Å². The van der Waals surface area contributed by atoms with Crippen molar-refractivity contribution in [3.8, 4) is 5.75 Å². The van der Waals surface area contributed by atoms with E-state index in [1.165, 1.54) is 61.0 Å². The normalized spacial score (nSPS) is 18.5. The van der Waals surface area contributed by atoms with Crippen LogP contribution in [0.2, 0.25) is 0 Å².